The van der Waals surface area contributed by atoms with Crippen molar-refractivity contribution in [2.45, 2.75) is 6.54 Å². The molecule has 0 unspecified atom stereocenters. The summed E-state index contributed by atoms with van der Waals surface area (Å²) in [6, 6.07) is 6.91. The summed E-state index contributed by atoms with van der Waals surface area (Å²) in [5.74, 6) is -1.12. The van der Waals surface area contributed by atoms with Crippen LogP contribution >= 0.6 is 0 Å². The zero-order chi connectivity index (χ0) is 12.4. The molecule has 0 fully saturated rings. The molecule has 2 rings (SSSR count). The molecule has 1 aromatic carbocycles. The van der Waals surface area contributed by atoms with Crippen LogP contribution in [0.15, 0.2) is 47.5 Å². The number of carboxylic acids is 1. The molecule has 1 aromatic heterocycles. The fraction of sp³-hybridized carbons (Fsp3) is 0.0833. The van der Waals surface area contributed by atoms with E-state index in [2.05, 4.69) is 11.6 Å². The minimum atomic E-state index is -1.12. The number of nitrogens with zero attached hydrogens (tertiary/aromatic N) is 2. The van der Waals surface area contributed by atoms with Gasteiger partial charge in [-0.15, -0.1) is 0 Å². The second kappa shape index (κ2) is 4.21. The number of benzene rings is 1. The Bertz CT molecular complexity index is 658. The van der Waals surface area contributed by atoms with E-state index in [0.29, 0.717) is 10.9 Å². The van der Waals surface area contributed by atoms with Crippen molar-refractivity contribution in [1.29, 1.82) is 0 Å². The van der Waals surface area contributed by atoms with Crippen molar-refractivity contribution in [3.8, 4) is 0 Å². The topological polar surface area (TPSA) is 72.2 Å². The molecule has 0 spiro atoms. The molecule has 86 valence electrons. The Morgan fingerprint density at radius 3 is 2.82 bits per heavy atom. The predicted octanol–water partition coefficient (Wildman–Crippen LogP) is 1.04. The lowest BCUT2D eigenvalue weighted by molar-refractivity contribution is -0.132. The average Bonchev–Trinajstić information content (AvgIpc) is 2.33. The minimum absolute atomic E-state index is 0.0517. The van der Waals surface area contributed by atoms with Crippen molar-refractivity contribution >= 4 is 16.9 Å². The van der Waals surface area contributed by atoms with Gasteiger partial charge in [0.2, 0.25) is 0 Å². The molecule has 5 nitrogen and oxygen atoms in total. The van der Waals surface area contributed by atoms with E-state index >= 15 is 0 Å². The number of hydrogen-bond donors (Lipinski definition) is 1. The summed E-state index contributed by atoms with van der Waals surface area (Å²) >= 11 is 0. The summed E-state index contributed by atoms with van der Waals surface area (Å²) in [5.41, 5.74) is 0.275. The summed E-state index contributed by atoms with van der Waals surface area (Å²) in [6.45, 7) is 3.32. The normalized spacial score (nSPS) is 10.4. The monoisotopic (exact) mass is 230 g/mol. The average molecular weight is 230 g/mol. The fourth-order valence-electron chi connectivity index (χ4n) is 1.49. The number of carbonyl (C=O) groups is 1. The van der Waals surface area contributed by atoms with Gasteiger partial charge >= 0.3 is 5.97 Å². The summed E-state index contributed by atoms with van der Waals surface area (Å²) < 4.78 is 1.23. The largest absolute Gasteiger partial charge is 0.478 e. The highest BCUT2D eigenvalue weighted by molar-refractivity contribution is 5.85. The second-order valence-electron chi connectivity index (χ2n) is 3.60. The number of aromatic nitrogens is 2. The van der Waals surface area contributed by atoms with Gasteiger partial charge in [0.05, 0.1) is 23.8 Å². The van der Waals surface area contributed by atoms with E-state index < -0.39 is 5.97 Å². The maximum Gasteiger partial charge on any atom is 0.332 e. The maximum absolute atomic E-state index is 12.0. The number of hydrogen-bond acceptors (Lipinski definition) is 3. The third-order valence-electron chi connectivity index (χ3n) is 2.40. The van der Waals surface area contributed by atoms with Crippen molar-refractivity contribution in [3.05, 3.63) is 53.1 Å². The van der Waals surface area contributed by atoms with Gasteiger partial charge in [0, 0.05) is 5.57 Å². The van der Waals surface area contributed by atoms with Crippen LogP contribution in [0.5, 0.6) is 0 Å². The van der Waals surface area contributed by atoms with E-state index in [0.717, 1.165) is 0 Å². The van der Waals surface area contributed by atoms with Gasteiger partial charge in [-0.05, 0) is 12.1 Å². The van der Waals surface area contributed by atoms with Crippen molar-refractivity contribution in [2.75, 3.05) is 0 Å². The van der Waals surface area contributed by atoms with Gasteiger partial charge in [-0.3, -0.25) is 9.36 Å². The van der Waals surface area contributed by atoms with Crippen molar-refractivity contribution in [3.63, 3.8) is 0 Å². The number of fused-ring (bicyclic) bond motifs is 1. The van der Waals surface area contributed by atoms with Gasteiger partial charge < -0.3 is 5.11 Å². The van der Waals surface area contributed by atoms with Crippen LogP contribution in [0.1, 0.15) is 0 Å². The van der Waals surface area contributed by atoms with Crippen LogP contribution in [0, 0.1) is 0 Å². The first-order chi connectivity index (χ1) is 8.09. The predicted molar refractivity (Wildman–Crippen MR) is 62.8 cm³/mol. The highest BCUT2D eigenvalue weighted by atomic mass is 16.4. The Labute approximate surface area is 96.6 Å². The van der Waals surface area contributed by atoms with Gasteiger partial charge in [-0.1, -0.05) is 18.7 Å². The highest BCUT2D eigenvalue weighted by Gasteiger charge is 2.08. The SMILES string of the molecule is C=C(Cn1cnc2ccccc2c1=O)C(=O)O. The van der Waals surface area contributed by atoms with E-state index in [4.69, 9.17) is 5.11 Å². The van der Waals surface area contributed by atoms with Crippen LogP contribution in [0.25, 0.3) is 10.9 Å². The number of para-hydroxylation sites is 1. The van der Waals surface area contributed by atoms with Gasteiger partial charge in [-0.2, -0.15) is 0 Å². The Balaban J connectivity index is 2.50. The lowest BCUT2D eigenvalue weighted by Gasteiger charge is -2.05. The quantitative estimate of drug-likeness (QED) is 0.799. The van der Waals surface area contributed by atoms with E-state index in [-0.39, 0.29) is 17.7 Å². The van der Waals surface area contributed by atoms with E-state index in [1.165, 1.54) is 10.9 Å². The van der Waals surface area contributed by atoms with Gasteiger partial charge in [0.15, 0.2) is 0 Å². The molecule has 1 heterocycles. The molecule has 0 atom stereocenters. The molecule has 0 bridgehead atoms. The number of carboxylic acid groups (broad SMARTS) is 1. The summed E-state index contributed by atoms with van der Waals surface area (Å²) in [6.07, 6.45) is 1.33. The van der Waals surface area contributed by atoms with Crippen LogP contribution in [-0.4, -0.2) is 20.6 Å². The smallest absolute Gasteiger partial charge is 0.332 e. The zero-order valence-corrected chi connectivity index (χ0v) is 8.96. The third-order valence-corrected chi connectivity index (χ3v) is 2.40. The molecule has 0 radical (unpaired) electrons. The van der Waals surface area contributed by atoms with E-state index in [9.17, 15) is 9.59 Å². The summed E-state index contributed by atoms with van der Waals surface area (Å²) in [7, 11) is 0. The Morgan fingerprint density at radius 1 is 1.41 bits per heavy atom. The van der Waals surface area contributed by atoms with E-state index in [1.54, 1.807) is 24.3 Å². The molecule has 5 heteroatoms. The highest BCUT2D eigenvalue weighted by Crippen LogP contribution is 2.05. The number of aliphatic carboxylic acids is 1. The molecule has 2 aromatic rings. The van der Waals surface area contributed by atoms with Gasteiger partial charge in [0.1, 0.15) is 0 Å². The first-order valence-corrected chi connectivity index (χ1v) is 4.95. The van der Waals surface area contributed by atoms with Crippen LogP contribution in [-0.2, 0) is 11.3 Å². The van der Waals surface area contributed by atoms with Crippen LogP contribution < -0.4 is 5.56 Å². The van der Waals surface area contributed by atoms with E-state index in [1.807, 2.05) is 0 Å². The lowest BCUT2D eigenvalue weighted by Crippen LogP contribution is -2.23. The van der Waals surface area contributed by atoms with Crippen LogP contribution in [0.2, 0.25) is 0 Å². The third kappa shape index (κ3) is 2.08. The van der Waals surface area contributed by atoms with Crippen molar-refractivity contribution in [1.82, 2.24) is 9.55 Å². The molecule has 0 saturated carbocycles. The van der Waals surface area contributed by atoms with Gasteiger partial charge in [-0.25, -0.2) is 9.78 Å². The first-order valence-electron chi connectivity index (χ1n) is 4.95. The molecule has 0 amide bonds. The Morgan fingerprint density at radius 2 is 2.12 bits per heavy atom. The molecule has 17 heavy (non-hydrogen) atoms. The Hall–Kier alpha value is -2.43. The first kappa shape index (κ1) is 11.1. The molecule has 1 N–H and O–H groups in total. The van der Waals surface area contributed by atoms with Crippen LogP contribution in [0.3, 0.4) is 0 Å². The Kier molecular flexibility index (Phi) is 2.74. The number of rotatable bonds is 3. The molecular formula is C12H10N2O3. The van der Waals surface area contributed by atoms with Crippen LogP contribution in [0.4, 0.5) is 0 Å². The molecule has 0 saturated heterocycles. The van der Waals surface area contributed by atoms with Crippen molar-refractivity contribution < 1.29 is 9.90 Å². The summed E-state index contributed by atoms with van der Waals surface area (Å²) in [4.78, 5) is 26.7. The summed E-state index contributed by atoms with van der Waals surface area (Å²) in [5, 5.41) is 9.18. The molecule has 0 aliphatic rings. The minimum Gasteiger partial charge on any atom is -0.478 e. The van der Waals surface area contributed by atoms with Crippen molar-refractivity contribution in [2.24, 2.45) is 0 Å². The molecule has 0 aliphatic carbocycles. The molecule has 0 aliphatic heterocycles. The lowest BCUT2D eigenvalue weighted by atomic mass is 10.2. The zero-order valence-electron chi connectivity index (χ0n) is 8.96. The standard InChI is InChI=1S/C12H10N2O3/c1-8(12(16)17)6-14-7-13-10-5-3-2-4-9(10)11(14)15/h2-5,7H,1,6H2,(H,16,17). The molecular weight excluding hydrogens is 220 g/mol. The second-order valence-corrected chi connectivity index (χ2v) is 3.60. The van der Waals surface area contributed by atoms with Gasteiger partial charge in [0.25, 0.3) is 5.56 Å². The maximum atomic E-state index is 12.0. The fourth-order valence-corrected chi connectivity index (χ4v) is 1.49.